The van der Waals surface area contributed by atoms with E-state index in [0.717, 1.165) is 28.2 Å². The highest BCUT2D eigenvalue weighted by Crippen LogP contribution is 2.25. The standard InChI is InChI=1S/C20H22N2O4S/c1-13-8-14(2)10-18(9-13)25-11-16(23)12-27-20-22-21-19(26-20)15-4-6-17(24-3)7-5-15/h4-10,16,23H,11-12H2,1-3H3/t16-/m0/s1. The van der Waals surface area contributed by atoms with Crippen molar-refractivity contribution in [1.29, 1.82) is 0 Å². The number of aryl methyl sites for hydroxylation is 2. The van der Waals surface area contributed by atoms with Crippen molar-refractivity contribution in [1.82, 2.24) is 10.2 Å². The number of thioether (sulfide) groups is 1. The van der Waals surface area contributed by atoms with Crippen molar-refractivity contribution in [3.05, 3.63) is 53.6 Å². The second-order valence-electron chi connectivity index (χ2n) is 6.20. The van der Waals surface area contributed by atoms with Crippen LogP contribution in [0.4, 0.5) is 0 Å². The first-order valence-electron chi connectivity index (χ1n) is 8.53. The van der Waals surface area contributed by atoms with E-state index in [-0.39, 0.29) is 6.61 Å². The maximum absolute atomic E-state index is 10.1. The van der Waals surface area contributed by atoms with Crippen LogP contribution in [0.1, 0.15) is 11.1 Å². The van der Waals surface area contributed by atoms with Crippen molar-refractivity contribution in [2.24, 2.45) is 0 Å². The van der Waals surface area contributed by atoms with Crippen LogP contribution in [0.3, 0.4) is 0 Å². The minimum Gasteiger partial charge on any atom is -0.497 e. The van der Waals surface area contributed by atoms with Crippen LogP contribution in [0, 0.1) is 13.8 Å². The molecule has 7 heteroatoms. The number of hydrogen-bond acceptors (Lipinski definition) is 7. The maximum atomic E-state index is 10.1. The summed E-state index contributed by atoms with van der Waals surface area (Å²) < 4.78 is 16.4. The average molecular weight is 386 g/mol. The zero-order valence-electron chi connectivity index (χ0n) is 15.5. The summed E-state index contributed by atoms with van der Waals surface area (Å²) in [7, 11) is 1.62. The van der Waals surface area contributed by atoms with E-state index < -0.39 is 6.10 Å². The molecule has 1 atom stereocenters. The van der Waals surface area contributed by atoms with E-state index in [1.54, 1.807) is 7.11 Å². The third-order valence-electron chi connectivity index (χ3n) is 3.78. The fraction of sp³-hybridized carbons (Fsp3) is 0.300. The summed E-state index contributed by atoms with van der Waals surface area (Å²) in [4.78, 5) is 0. The Bertz CT molecular complexity index is 860. The van der Waals surface area contributed by atoms with Gasteiger partial charge in [-0.15, -0.1) is 10.2 Å². The minimum atomic E-state index is -0.646. The largest absolute Gasteiger partial charge is 0.497 e. The highest BCUT2D eigenvalue weighted by atomic mass is 32.2. The van der Waals surface area contributed by atoms with Crippen molar-refractivity contribution in [3.63, 3.8) is 0 Å². The quantitative estimate of drug-likeness (QED) is 0.588. The predicted octanol–water partition coefficient (Wildman–Crippen LogP) is 3.89. The van der Waals surface area contributed by atoms with Gasteiger partial charge in [0.1, 0.15) is 18.1 Å². The maximum Gasteiger partial charge on any atom is 0.276 e. The summed E-state index contributed by atoms with van der Waals surface area (Å²) in [5.74, 6) is 2.35. The number of aliphatic hydroxyl groups excluding tert-OH is 1. The summed E-state index contributed by atoms with van der Waals surface area (Å²) in [5.41, 5.74) is 3.07. The lowest BCUT2D eigenvalue weighted by molar-refractivity contribution is 0.126. The van der Waals surface area contributed by atoms with Gasteiger partial charge in [-0.2, -0.15) is 0 Å². The number of rotatable bonds is 8. The van der Waals surface area contributed by atoms with Crippen LogP contribution >= 0.6 is 11.8 Å². The van der Waals surface area contributed by atoms with Gasteiger partial charge < -0.3 is 19.0 Å². The Labute approximate surface area is 162 Å². The van der Waals surface area contributed by atoms with Crippen molar-refractivity contribution in [3.8, 4) is 23.0 Å². The monoisotopic (exact) mass is 386 g/mol. The molecule has 1 N–H and O–H groups in total. The van der Waals surface area contributed by atoms with Gasteiger partial charge in [-0.1, -0.05) is 17.8 Å². The van der Waals surface area contributed by atoms with Gasteiger partial charge in [0.2, 0.25) is 5.89 Å². The van der Waals surface area contributed by atoms with Gasteiger partial charge in [-0.05, 0) is 61.4 Å². The van der Waals surface area contributed by atoms with E-state index >= 15 is 0 Å². The molecule has 27 heavy (non-hydrogen) atoms. The first-order valence-corrected chi connectivity index (χ1v) is 9.52. The molecule has 0 radical (unpaired) electrons. The number of ether oxygens (including phenoxy) is 2. The van der Waals surface area contributed by atoms with Crippen molar-refractivity contribution >= 4 is 11.8 Å². The first-order chi connectivity index (χ1) is 13.0. The minimum absolute atomic E-state index is 0.204. The zero-order chi connectivity index (χ0) is 19.2. The van der Waals surface area contributed by atoms with Crippen LogP contribution in [0.2, 0.25) is 0 Å². The summed E-state index contributed by atoms with van der Waals surface area (Å²) in [6.45, 7) is 4.24. The van der Waals surface area contributed by atoms with Gasteiger partial charge in [0.15, 0.2) is 0 Å². The van der Waals surface area contributed by atoms with Gasteiger partial charge in [-0.25, -0.2) is 0 Å². The molecule has 0 saturated heterocycles. The van der Waals surface area contributed by atoms with E-state index in [9.17, 15) is 5.11 Å². The van der Waals surface area contributed by atoms with Crippen LogP contribution in [-0.2, 0) is 0 Å². The SMILES string of the molecule is COc1ccc(-c2nnc(SC[C@@H](O)COc3cc(C)cc(C)c3)o2)cc1. The molecule has 1 aromatic heterocycles. The highest BCUT2D eigenvalue weighted by Gasteiger charge is 2.13. The average Bonchev–Trinajstić information content (AvgIpc) is 3.13. The number of hydrogen-bond donors (Lipinski definition) is 1. The smallest absolute Gasteiger partial charge is 0.276 e. The first kappa shape index (κ1) is 19.3. The third kappa shape index (κ3) is 5.48. The Kier molecular flexibility index (Phi) is 6.36. The second-order valence-corrected chi connectivity index (χ2v) is 7.17. The van der Waals surface area contributed by atoms with E-state index in [4.69, 9.17) is 13.9 Å². The van der Waals surface area contributed by atoms with Gasteiger partial charge in [0.05, 0.1) is 13.2 Å². The fourth-order valence-corrected chi connectivity index (χ4v) is 3.21. The van der Waals surface area contributed by atoms with Crippen molar-refractivity contribution < 1.29 is 19.0 Å². The molecule has 0 saturated carbocycles. The van der Waals surface area contributed by atoms with Crippen LogP contribution in [-0.4, -0.2) is 40.9 Å². The summed E-state index contributed by atoms with van der Waals surface area (Å²) in [5, 5.41) is 18.6. The lowest BCUT2D eigenvalue weighted by Crippen LogP contribution is -2.20. The highest BCUT2D eigenvalue weighted by molar-refractivity contribution is 7.99. The van der Waals surface area contributed by atoms with Gasteiger partial charge in [0, 0.05) is 11.3 Å². The normalized spacial score (nSPS) is 12.0. The molecule has 0 aliphatic carbocycles. The molecule has 2 aromatic carbocycles. The van der Waals surface area contributed by atoms with Crippen molar-refractivity contribution in [2.45, 2.75) is 25.2 Å². The lowest BCUT2D eigenvalue weighted by atomic mass is 10.1. The molecule has 6 nitrogen and oxygen atoms in total. The fourth-order valence-electron chi connectivity index (χ4n) is 2.54. The Morgan fingerprint density at radius 1 is 1.04 bits per heavy atom. The number of aliphatic hydroxyl groups is 1. The van der Waals surface area contributed by atoms with E-state index in [0.29, 0.717) is 16.9 Å². The van der Waals surface area contributed by atoms with E-state index in [2.05, 4.69) is 16.3 Å². The summed E-state index contributed by atoms with van der Waals surface area (Å²) >= 11 is 1.30. The van der Waals surface area contributed by atoms with Gasteiger partial charge >= 0.3 is 0 Å². The zero-order valence-corrected chi connectivity index (χ0v) is 16.3. The van der Waals surface area contributed by atoms with Crippen LogP contribution in [0.15, 0.2) is 52.1 Å². The summed E-state index contributed by atoms with van der Waals surface area (Å²) in [6.07, 6.45) is -0.646. The number of aromatic nitrogens is 2. The van der Waals surface area contributed by atoms with E-state index in [1.807, 2.05) is 50.2 Å². The van der Waals surface area contributed by atoms with Gasteiger partial charge in [0.25, 0.3) is 5.22 Å². The number of nitrogens with zero attached hydrogens (tertiary/aromatic N) is 2. The molecule has 0 amide bonds. The van der Waals surface area contributed by atoms with Gasteiger partial charge in [-0.3, -0.25) is 0 Å². The molecule has 0 aliphatic heterocycles. The molecule has 3 rings (SSSR count). The Hall–Kier alpha value is -2.51. The second kappa shape index (κ2) is 8.92. The molecule has 0 spiro atoms. The lowest BCUT2D eigenvalue weighted by Gasteiger charge is -2.12. The molecule has 0 bridgehead atoms. The molecule has 3 aromatic rings. The Balaban J connectivity index is 1.50. The van der Waals surface area contributed by atoms with E-state index in [1.165, 1.54) is 11.8 Å². The molecule has 1 heterocycles. The molecular weight excluding hydrogens is 364 g/mol. The van der Waals surface area contributed by atoms with Crippen LogP contribution < -0.4 is 9.47 Å². The number of benzene rings is 2. The molecule has 0 aliphatic rings. The summed E-state index contributed by atoms with van der Waals surface area (Å²) in [6, 6.07) is 13.4. The molecule has 142 valence electrons. The van der Waals surface area contributed by atoms with Crippen LogP contribution in [0.5, 0.6) is 11.5 Å². The topological polar surface area (TPSA) is 77.6 Å². The Morgan fingerprint density at radius 2 is 1.74 bits per heavy atom. The van der Waals surface area contributed by atoms with Crippen molar-refractivity contribution in [2.75, 3.05) is 19.5 Å². The predicted molar refractivity (Wildman–Crippen MR) is 104 cm³/mol. The molecule has 0 fully saturated rings. The third-order valence-corrected chi connectivity index (χ3v) is 4.74. The molecule has 0 unspecified atom stereocenters. The Morgan fingerprint density at radius 3 is 2.41 bits per heavy atom. The molecular formula is C20H22N2O4S. The number of methoxy groups -OCH3 is 1. The van der Waals surface area contributed by atoms with Crippen LogP contribution in [0.25, 0.3) is 11.5 Å².